The molecule has 0 saturated carbocycles. The van der Waals surface area contributed by atoms with Crippen molar-refractivity contribution in [1.82, 2.24) is 4.72 Å². The van der Waals surface area contributed by atoms with Gasteiger partial charge in [0.25, 0.3) is 10.2 Å². The molecular formula is C10H16N2O7S. The SMILES string of the molecule is CC(=O)OC[C@H]1O[C@@H](NS(N)(=O)=O)C=C[C@H]1OC(C)=O. The lowest BCUT2D eigenvalue weighted by Gasteiger charge is -2.31. The Morgan fingerprint density at radius 3 is 2.45 bits per heavy atom. The molecule has 1 rings (SSSR count). The van der Waals surface area contributed by atoms with Crippen molar-refractivity contribution in [2.45, 2.75) is 32.3 Å². The molecule has 0 radical (unpaired) electrons. The molecule has 0 fully saturated rings. The highest BCUT2D eigenvalue weighted by atomic mass is 32.2. The van der Waals surface area contributed by atoms with Gasteiger partial charge in [-0.15, -0.1) is 0 Å². The van der Waals surface area contributed by atoms with E-state index in [2.05, 4.69) is 0 Å². The van der Waals surface area contributed by atoms with Crippen molar-refractivity contribution < 1.29 is 32.2 Å². The molecule has 0 aromatic heterocycles. The summed E-state index contributed by atoms with van der Waals surface area (Å²) in [7, 11) is -3.96. The van der Waals surface area contributed by atoms with E-state index in [9.17, 15) is 18.0 Å². The minimum absolute atomic E-state index is 0.194. The van der Waals surface area contributed by atoms with Gasteiger partial charge in [0.15, 0.2) is 0 Å². The maximum absolute atomic E-state index is 11.0. The third-order valence-corrected chi connectivity index (χ3v) is 2.76. The summed E-state index contributed by atoms with van der Waals surface area (Å²) in [5.41, 5.74) is 0. The highest BCUT2D eigenvalue weighted by Gasteiger charge is 2.31. The second-order valence-corrected chi connectivity index (χ2v) is 5.35. The average Bonchev–Trinajstić information content (AvgIpc) is 2.26. The molecule has 114 valence electrons. The molecule has 1 aliphatic rings. The summed E-state index contributed by atoms with van der Waals surface area (Å²) in [6.07, 6.45) is 0.110. The monoisotopic (exact) mass is 308 g/mol. The van der Waals surface area contributed by atoms with Crippen LogP contribution in [0.15, 0.2) is 12.2 Å². The predicted octanol–water partition coefficient (Wildman–Crippen LogP) is -1.44. The van der Waals surface area contributed by atoms with Gasteiger partial charge in [0.1, 0.15) is 25.0 Å². The zero-order chi connectivity index (χ0) is 15.3. The van der Waals surface area contributed by atoms with Gasteiger partial charge >= 0.3 is 11.9 Å². The van der Waals surface area contributed by atoms with Crippen molar-refractivity contribution in [3.63, 3.8) is 0 Å². The number of rotatable bonds is 5. The van der Waals surface area contributed by atoms with E-state index >= 15 is 0 Å². The van der Waals surface area contributed by atoms with Crippen LogP contribution in [0.1, 0.15) is 13.8 Å². The molecule has 20 heavy (non-hydrogen) atoms. The molecule has 9 nitrogen and oxygen atoms in total. The fraction of sp³-hybridized carbons (Fsp3) is 0.600. The van der Waals surface area contributed by atoms with Gasteiger partial charge in [-0.25, -0.2) is 5.14 Å². The number of hydrogen-bond donors (Lipinski definition) is 2. The quantitative estimate of drug-likeness (QED) is 0.469. The summed E-state index contributed by atoms with van der Waals surface area (Å²) in [4.78, 5) is 21.7. The number of ether oxygens (including phenoxy) is 3. The van der Waals surface area contributed by atoms with E-state index in [1.54, 1.807) is 0 Å². The van der Waals surface area contributed by atoms with Crippen molar-refractivity contribution in [2.75, 3.05) is 6.61 Å². The highest BCUT2D eigenvalue weighted by Crippen LogP contribution is 2.16. The zero-order valence-electron chi connectivity index (χ0n) is 10.9. The van der Waals surface area contributed by atoms with Gasteiger partial charge in [-0.2, -0.15) is 13.1 Å². The Bertz CT molecular complexity index is 502. The van der Waals surface area contributed by atoms with Crippen LogP contribution in [-0.2, 0) is 34.0 Å². The molecule has 0 aromatic rings. The van der Waals surface area contributed by atoms with E-state index in [1.807, 2.05) is 4.72 Å². The molecule has 1 heterocycles. The van der Waals surface area contributed by atoms with E-state index in [4.69, 9.17) is 19.3 Å². The number of nitrogens with two attached hydrogens (primary N) is 1. The van der Waals surface area contributed by atoms with Crippen LogP contribution < -0.4 is 9.86 Å². The fourth-order valence-electron chi connectivity index (χ4n) is 1.51. The van der Waals surface area contributed by atoms with Crippen molar-refractivity contribution >= 4 is 22.1 Å². The third-order valence-electron chi connectivity index (χ3n) is 2.20. The molecule has 0 amide bonds. The van der Waals surface area contributed by atoms with E-state index in [1.165, 1.54) is 26.0 Å². The summed E-state index contributed by atoms with van der Waals surface area (Å²) in [5, 5.41) is 4.83. The number of hydrogen-bond acceptors (Lipinski definition) is 7. The van der Waals surface area contributed by atoms with Gasteiger partial charge < -0.3 is 14.2 Å². The van der Waals surface area contributed by atoms with E-state index < -0.39 is 40.6 Å². The maximum Gasteiger partial charge on any atom is 0.303 e. The number of carbonyl (C=O) groups is 2. The van der Waals surface area contributed by atoms with E-state index in [0.717, 1.165) is 0 Å². The van der Waals surface area contributed by atoms with Crippen LogP contribution in [0.5, 0.6) is 0 Å². The number of esters is 2. The molecule has 0 unspecified atom stereocenters. The minimum Gasteiger partial charge on any atom is -0.463 e. The molecule has 10 heteroatoms. The Morgan fingerprint density at radius 1 is 1.30 bits per heavy atom. The number of nitrogens with one attached hydrogen (secondary N) is 1. The van der Waals surface area contributed by atoms with Gasteiger partial charge in [-0.05, 0) is 12.2 Å². The first-order valence-electron chi connectivity index (χ1n) is 5.62. The fourth-order valence-corrected chi connectivity index (χ4v) is 1.97. The topological polar surface area (TPSA) is 134 Å². The summed E-state index contributed by atoms with van der Waals surface area (Å²) in [5.74, 6) is -1.09. The number of carbonyl (C=O) groups excluding carboxylic acids is 2. The van der Waals surface area contributed by atoms with Crippen LogP contribution in [0.3, 0.4) is 0 Å². The Kier molecular flexibility index (Phi) is 5.62. The van der Waals surface area contributed by atoms with Crippen LogP contribution in [0.25, 0.3) is 0 Å². The summed E-state index contributed by atoms with van der Waals surface area (Å²) in [6.45, 7) is 2.23. The van der Waals surface area contributed by atoms with E-state index in [-0.39, 0.29) is 6.61 Å². The van der Waals surface area contributed by atoms with Crippen LogP contribution in [0.2, 0.25) is 0 Å². The largest absolute Gasteiger partial charge is 0.463 e. The van der Waals surface area contributed by atoms with Crippen molar-refractivity contribution in [3.05, 3.63) is 12.2 Å². The van der Waals surface area contributed by atoms with Gasteiger partial charge in [-0.3, -0.25) is 9.59 Å². The zero-order valence-corrected chi connectivity index (χ0v) is 11.8. The lowest BCUT2D eigenvalue weighted by Crippen LogP contribution is -2.48. The second-order valence-electron chi connectivity index (χ2n) is 4.02. The Morgan fingerprint density at radius 2 is 1.95 bits per heavy atom. The average molecular weight is 308 g/mol. The van der Waals surface area contributed by atoms with Crippen LogP contribution >= 0.6 is 0 Å². The maximum atomic E-state index is 11.0. The smallest absolute Gasteiger partial charge is 0.303 e. The summed E-state index contributed by atoms with van der Waals surface area (Å²) in [6, 6.07) is 0. The molecule has 1 aliphatic heterocycles. The van der Waals surface area contributed by atoms with Crippen LogP contribution in [-0.4, -0.2) is 45.4 Å². The first kappa shape index (κ1) is 16.6. The van der Waals surface area contributed by atoms with E-state index in [0.29, 0.717) is 0 Å². The van der Waals surface area contributed by atoms with Crippen molar-refractivity contribution in [2.24, 2.45) is 5.14 Å². The molecule has 3 N–H and O–H groups in total. The standard InChI is InChI=1S/C10H16N2O7S/c1-6(13)17-5-9-8(18-7(2)14)3-4-10(19-9)12-20(11,15)16/h3-4,8-10,12H,5H2,1-2H3,(H2,11,15,16)/t8-,9-,10-/m1/s1. The van der Waals surface area contributed by atoms with Gasteiger partial charge in [-0.1, -0.05) is 0 Å². The van der Waals surface area contributed by atoms with Gasteiger partial charge in [0, 0.05) is 13.8 Å². The van der Waals surface area contributed by atoms with Crippen LogP contribution in [0.4, 0.5) is 0 Å². The molecule has 3 atom stereocenters. The first-order chi connectivity index (χ1) is 9.17. The minimum atomic E-state index is -3.96. The molecule has 0 spiro atoms. The normalized spacial score (nSPS) is 26.1. The molecule has 0 aliphatic carbocycles. The molecule has 0 saturated heterocycles. The molecule has 0 aromatic carbocycles. The predicted molar refractivity (Wildman–Crippen MR) is 66.2 cm³/mol. The van der Waals surface area contributed by atoms with Crippen molar-refractivity contribution in [1.29, 1.82) is 0 Å². The van der Waals surface area contributed by atoms with Gasteiger partial charge in [0.05, 0.1) is 0 Å². The highest BCUT2D eigenvalue weighted by molar-refractivity contribution is 7.87. The third kappa shape index (κ3) is 6.10. The molecule has 0 bridgehead atoms. The first-order valence-corrected chi connectivity index (χ1v) is 7.16. The van der Waals surface area contributed by atoms with Crippen molar-refractivity contribution in [3.8, 4) is 0 Å². The Hall–Kier alpha value is -1.49. The van der Waals surface area contributed by atoms with Gasteiger partial charge in [0.2, 0.25) is 0 Å². The summed E-state index contributed by atoms with van der Waals surface area (Å²) >= 11 is 0. The Labute approximate surface area is 116 Å². The van der Waals surface area contributed by atoms with Crippen LogP contribution in [0, 0.1) is 0 Å². The molecular weight excluding hydrogens is 292 g/mol. The Balaban J connectivity index is 2.76. The summed E-state index contributed by atoms with van der Waals surface area (Å²) < 4.78 is 38.9. The lowest BCUT2D eigenvalue weighted by molar-refractivity contribution is -0.163. The second kappa shape index (κ2) is 6.79. The lowest BCUT2D eigenvalue weighted by atomic mass is 10.1.